The van der Waals surface area contributed by atoms with Crippen molar-refractivity contribution in [1.29, 1.82) is 0 Å². The van der Waals surface area contributed by atoms with Crippen LogP contribution < -0.4 is 10.6 Å². The first kappa shape index (κ1) is 26.1. The van der Waals surface area contributed by atoms with Gasteiger partial charge in [0.25, 0.3) is 0 Å². The molecular weight excluding hydrogens is 456 g/mol. The van der Waals surface area contributed by atoms with E-state index in [0.29, 0.717) is 32.4 Å². The van der Waals surface area contributed by atoms with Crippen molar-refractivity contribution in [2.24, 2.45) is 0 Å². The molecule has 2 atom stereocenters. The fraction of sp³-hybridized carbons (Fsp3) is 0.500. The molecular formula is C28H38N4O4. The Balaban J connectivity index is 1.35. The molecule has 1 unspecified atom stereocenters. The molecule has 36 heavy (non-hydrogen) atoms. The number of likely N-dealkylation sites (tertiary alicyclic amines) is 1. The molecule has 194 valence electrons. The van der Waals surface area contributed by atoms with Crippen LogP contribution in [-0.2, 0) is 21.6 Å². The zero-order valence-corrected chi connectivity index (χ0v) is 20.9. The second kappa shape index (κ2) is 12.9. The van der Waals surface area contributed by atoms with E-state index in [1.807, 2.05) is 60.7 Å². The summed E-state index contributed by atoms with van der Waals surface area (Å²) < 4.78 is 5.39. The lowest BCUT2D eigenvalue weighted by Crippen LogP contribution is -2.56. The molecule has 4 rings (SSSR count). The first-order chi connectivity index (χ1) is 17.5. The van der Waals surface area contributed by atoms with Crippen LogP contribution in [0.5, 0.6) is 0 Å². The number of carbonyl (C=O) groups is 2. The number of hydrogen-bond donors (Lipinski definition) is 3. The summed E-state index contributed by atoms with van der Waals surface area (Å²) in [5.41, 5.74) is 0.695. The van der Waals surface area contributed by atoms with Crippen LogP contribution in [0.25, 0.3) is 0 Å². The smallest absolute Gasteiger partial charge is 0.318 e. The number of ether oxygens (including phenoxy) is 1. The minimum Gasteiger partial charge on any atom is -0.383 e. The number of morpholine rings is 1. The molecule has 8 nitrogen and oxygen atoms in total. The van der Waals surface area contributed by atoms with E-state index >= 15 is 0 Å². The number of β-amino-alcohol motifs (C(OH)–C–C–N with tert-alkyl or cyclic N) is 1. The van der Waals surface area contributed by atoms with Crippen LogP contribution in [-0.4, -0.2) is 85.4 Å². The normalized spacial score (nSPS) is 21.5. The molecule has 8 heteroatoms. The Morgan fingerprint density at radius 3 is 2.42 bits per heavy atom. The number of amides is 3. The van der Waals surface area contributed by atoms with E-state index in [4.69, 9.17) is 4.74 Å². The molecule has 3 amide bonds. The number of piperidine rings is 1. The maximum atomic E-state index is 13.3. The summed E-state index contributed by atoms with van der Waals surface area (Å²) in [5.74, 6) is -0.190. The lowest BCUT2D eigenvalue weighted by atomic mass is 9.86. The topological polar surface area (TPSA) is 94.1 Å². The highest BCUT2D eigenvalue weighted by molar-refractivity contribution is 5.87. The van der Waals surface area contributed by atoms with Crippen LogP contribution in [0, 0.1) is 0 Å². The highest BCUT2D eigenvalue weighted by atomic mass is 16.5. The van der Waals surface area contributed by atoms with Crippen LogP contribution in [0.1, 0.15) is 30.4 Å². The third-order valence-corrected chi connectivity index (χ3v) is 7.02. The van der Waals surface area contributed by atoms with Crippen molar-refractivity contribution in [3.05, 3.63) is 71.8 Å². The fourth-order valence-corrected chi connectivity index (χ4v) is 4.96. The predicted molar refractivity (Wildman–Crippen MR) is 138 cm³/mol. The Kier molecular flexibility index (Phi) is 9.33. The van der Waals surface area contributed by atoms with Crippen molar-refractivity contribution in [3.8, 4) is 0 Å². The summed E-state index contributed by atoms with van der Waals surface area (Å²) in [4.78, 5) is 30.4. The van der Waals surface area contributed by atoms with Gasteiger partial charge in [-0.3, -0.25) is 9.69 Å². The Hall–Kier alpha value is -2.94. The lowest BCUT2D eigenvalue weighted by molar-refractivity contribution is -0.123. The minimum atomic E-state index is -1.09. The van der Waals surface area contributed by atoms with E-state index < -0.39 is 11.6 Å². The van der Waals surface area contributed by atoms with Crippen LogP contribution >= 0.6 is 0 Å². The molecule has 0 saturated carbocycles. The molecule has 2 heterocycles. The highest BCUT2D eigenvalue weighted by Gasteiger charge is 2.37. The molecule has 0 aromatic heterocycles. The maximum Gasteiger partial charge on any atom is 0.318 e. The Morgan fingerprint density at radius 1 is 1.00 bits per heavy atom. The first-order valence-corrected chi connectivity index (χ1v) is 13.0. The molecule has 0 bridgehead atoms. The monoisotopic (exact) mass is 494 g/mol. The summed E-state index contributed by atoms with van der Waals surface area (Å²) in [5, 5.41) is 17.2. The van der Waals surface area contributed by atoms with Gasteiger partial charge >= 0.3 is 6.03 Å². The van der Waals surface area contributed by atoms with Crippen LogP contribution in [0.2, 0.25) is 0 Å². The van der Waals surface area contributed by atoms with Gasteiger partial charge in [0.15, 0.2) is 0 Å². The Morgan fingerprint density at radius 2 is 1.69 bits per heavy atom. The van der Waals surface area contributed by atoms with Gasteiger partial charge in [-0.05, 0) is 36.9 Å². The second-order valence-electron chi connectivity index (χ2n) is 9.71. The first-order valence-electron chi connectivity index (χ1n) is 13.0. The molecule has 2 fully saturated rings. The number of aliphatic hydroxyl groups is 1. The largest absolute Gasteiger partial charge is 0.383 e. The minimum absolute atomic E-state index is 0.190. The van der Waals surface area contributed by atoms with Gasteiger partial charge in [-0.15, -0.1) is 0 Å². The van der Waals surface area contributed by atoms with Crippen LogP contribution in [0.4, 0.5) is 4.79 Å². The fourth-order valence-electron chi connectivity index (χ4n) is 4.96. The molecule has 0 radical (unpaired) electrons. The van der Waals surface area contributed by atoms with Crippen LogP contribution in [0.3, 0.4) is 0 Å². The van der Waals surface area contributed by atoms with Crippen molar-refractivity contribution in [3.63, 3.8) is 0 Å². The molecule has 2 aromatic rings. The van der Waals surface area contributed by atoms with Gasteiger partial charge in [-0.25, -0.2) is 4.79 Å². The van der Waals surface area contributed by atoms with Gasteiger partial charge in [0.1, 0.15) is 11.6 Å². The molecule has 2 aliphatic heterocycles. The average Bonchev–Trinajstić information content (AvgIpc) is 2.92. The molecule has 2 aliphatic rings. The summed E-state index contributed by atoms with van der Waals surface area (Å²) in [6, 6.07) is 18.2. The molecule has 3 N–H and O–H groups in total. The lowest BCUT2D eigenvalue weighted by Gasteiger charge is -2.40. The maximum absolute atomic E-state index is 13.3. The van der Waals surface area contributed by atoms with Crippen molar-refractivity contribution in [2.45, 2.75) is 37.3 Å². The van der Waals surface area contributed by atoms with Crippen molar-refractivity contribution in [2.75, 3.05) is 52.5 Å². The third kappa shape index (κ3) is 7.29. The number of urea groups is 1. The summed E-state index contributed by atoms with van der Waals surface area (Å²) in [6.45, 7) is 5.56. The Labute approximate surface area is 213 Å². The standard InChI is InChI=1S/C28H38N4O4/c33-26(29-14-8-15-31-17-19-36-20-18-31)25(21-23-9-3-1-4-10-23)30-27(34)32-16-7-13-28(35,22-32)24-11-5-2-6-12-24/h1-6,9-12,25,35H,7-8,13-22H2,(H,29,33)(H,30,34)/t25-,28?/m1/s1. The van der Waals surface area contributed by atoms with E-state index in [2.05, 4.69) is 15.5 Å². The molecule has 0 aliphatic carbocycles. The number of benzene rings is 2. The van der Waals surface area contributed by atoms with Gasteiger partial charge in [0.05, 0.1) is 19.8 Å². The number of hydrogen-bond acceptors (Lipinski definition) is 5. The zero-order valence-electron chi connectivity index (χ0n) is 20.9. The molecule has 0 spiro atoms. The zero-order chi connectivity index (χ0) is 25.2. The third-order valence-electron chi connectivity index (χ3n) is 7.02. The predicted octanol–water partition coefficient (Wildman–Crippen LogP) is 2.13. The highest BCUT2D eigenvalue weighted by Crippen LogP contribution is 2.31. The van der Waals surface area contributed by atoms with E-state index in [1.165, 1.54) is 0 Å². The van der Waals surface area contributed by atoms with E-state index in [9.17, 15) is 14.7 Å². The summed E-state index contributed by atoms with van der Waals surface area (Å²) in [7, 11) is 0. The van der Waals surface area contributed by atoms with Gasteiger partial charge in [0.2, 0.25) is 5.91 Å². The SMILES string of the molecule is O=C(NCCCN1CCOCC1)[C@@H](Cc1ccccc1)NC(=O)N1CCCC(O)(c2ccccc2)C1. The quantitative estimate of drug-likeness (QED) is 0.465. The van der Waals surface area contributed by atoms with Gasteiger partial charge < -0.3 is 25.4 Å². The number of nitrogens with zero attached hydrogens (tertiary/aromatic N) is 2. The van der Waals surface area contributed by atoms with Gasteiger partial charge in [0, 0.05) is 32.6 Å². The summed E-state index contributed by atoms with van der Waals surface area (Å²) >= 11 is 0. The molecule has 2 aromatic carbocycles. The van der Waals surface area contributed by atoms with Crippen molar-refractivity contribution in [1.82, 2.24) is 20.4 Å². The average molecular weight is 495 g/mol. The van der Waals surface area contributed by atoms with E-state index in [0.717, 1.165) is 50.4 Å². The number of carbonyl (C=O) groups excluding carboxylic acids is 2. The number of nitrogens with one attached hydrogen (secondary N) is 2. The van der Waals surface area contributed by atoms with Crippen molar-refractivity contribution < 1.29 is 19.4 Å². The van der Waals surface area contributed by atoms with Crippen molar-refractivity contribution >= 4 is 11.9 Å². The number of rotatable bonds is 9. The van der Waals surface area contributed by atoms with Gasteiger partial charge in [-0.1, -0.05) is 60.7 Å². The summed E-state index contributed by atoms with van der Waals surface area (Å²) in [6.07, 6.45) is 2.53. The van der Waals surface area contributed by atoms with Gasteiger partial charge in [-0.2, -0.15) is 0 Å². The van der Waals surface area contributed by atoms with Crippen LogP contribution in [0.15, 0.2) is 60.7 Å². The Bertz CT molecular complexity index is 968. The van der Waals surface area contributed by atoms with E-state index in [1.54, 1.807) is 4.90 Å². The molecule has 2 saturated heterocycles. The second-order valence-corrected chi connectivity index (χ2v) is 9.71. The van der Waals surface area contributed by atoms with E-state index in [-0.39, 0.29) is 18.5 Å².